The molecule has 90 valence electrons. The lowest BCUT2D eigenvalue weighted by Gasteiger charge is -2.29. The van der Waals surface area contributed by atoms with Crippen LogP contribution in [0.15, 0.2) is 11.3 Å². The molecule has 0 saturated carbocycles. The highest BCUT2D eigenvalue weighted by Gasteiger charge is 2.48. The Hall–Kier alpha value is -0.790. The van der Waals surface area contributed by atoms with Crippen LogP contribution in [-0.2, 0) is 9.53 Å². The zero-order chi connectivity index (χ0) is 12.1. The lowest BCUT2D eigenvalue weighted by Crippen LogP contribution is -2.31. The minimum Gasteiger partial charge on any atom is -0.491 e. The zero-order valence-corrected chi connectivity index (χ0v) is 11.0. The summed E-state index contributed by atoms with van der Waals surface area (Å²) < 4.78 is 6.02. The maximum Gasteiger partial charge on any atom is 0.163 e. The molecule has 1 aliphatic carbocycles. The average molecular weight is 222 g/mol. The van der Waals surface area contributed by atoms with Gasteiger partial charge in [-0.3, -0.25) is 4.79 Å². The minimum absolute atomic E-state index is 0.0641. The first kappa shape index (κ1) is 11.7. The Morgan fingerprint density at radius 1 is 1.25 bits per heavy atom. The van der Waals surface area contributed by atoms with Crippen LogP contribution in [0.5, 0.6) is 0 Å². The summed E-state index contributed by atoms with van der Waals surface area (Å²) >= 11 is 0. The molecule has 0 N–H and O–H groups in total. The number of Topliss-reactive ketones (excluding diaryl/α,β-unsaturated/α-hetero) is 1. The van der Waals surface area contributed by atoms with Gasteiger partial charge in [-0.05, 0) is 25.7 Å². The molecule has 16 heavy (non-hydrogen) atoms. The molecule has 1 atom stereocenters. The van der Waals surface area contributed by atoms with Gasteiger partial charge in [-0.2, -0.15) is 0 Å². The van der Waals surface area contributed by atoms with Gasteiger partial charge in [-0.1, -0.05) is 20.8 Å². The Bertz CT molecular complexity index is 361. The van der Waals surface area contributed by atoms with Crippen LogP contribution in [-0.4, -0.2) is 11.4 Å². The van der Waals surface area contributed by atoms with E-state index >= 15 is 0 Å². The number of hydrogen-bond acceptors (Lipinski definition) is 2. The highest BCUT2D eigenvalue weighted by molar-refractivity contribution is 5.98. The van der Waals surface area contributed by atoms with Crippen molar-refractivity contribution in [1.29, 1.82) is 0 Å². The van der Waals surface area contributed by atoms with E-state index in [0.29, 0.717) is 12.2 Å². The lowest BCUT2D eigenvalue weighted by atomic mass is 9.72. The standard InChI is InChI=1S/C14H22O2/c1-6-9-12-10(15)7-13(2,3)8-11(12)16-14(9,4)5/h9H,6-8H2,1-5H3/t9-/m0/s1. The van der Waals surface area contributed by atoms with Crippen LogP contribution in [0.25, 0.3) is 0 Å². The van der Waals surface area contributed by atoms with Crippen molar-refractivity contribution in [3.63, 3.8) is 0 Å². The number of carbonyl (C=O) groups is 1. The molecule has 1 heterocycles. The van der Waals surface area contributed by atoms with Crippen LogP contribution < -0.4 is 0 Å². The Labute approximate surface area is 98.1 Å². The van der Waals surface area contributed by atoms with Crippen molar-refractivity contribution < 1.29 is 9.53 Å². The Kier molecular flexibility index (Phi) is 2.45. The van der Waals surface area contributed by atoms with Crippen molar-refractivity contribution in [3.05, 3.63) is 11.3 Å². The molecule has 2 aliphatic rings. The number of carbonyl (C=O) groups excluding carboxylic acids is 1. The van der Waals surface area contributed by atoms with Crippen molar-refractivity contribution in [2.75, 3.05) is 0 Å². The van der Waals surface area contributed by atoms with Gasteiger partial charge in [-0.15, -0.1) is 0 Å². The highest BCUT2D eigenvalue weighted by Crippen LogP contribution is 2.49. The summed E-state index contributed by atoms with van der Waals surface area (Å²) in [6.45, 7) is 10.6. The second-order valence-electron chi connectivity index (χ2n) is 6.44. The average Bonchev–Trinajstić information content (AvgIpc) is 2.32. The fourth-order valence-corrected chi connectivity index (χ4v) is 3.19. The molecule has 2 rings (SSSR count). The maximum absolute atomic E-state index is 12.2. The monoisotopic (exact) mass is 222 g/mol. The van der Waals surface area contributed by atoms with E-state index < -0.39 is 0 Å². The molecule has 0 bridgehead atoms. The quantitative estimate of drug-likeness (QED) is 0.679. The molecule has 2 heteroatoms. The Morgan fingerprint density at radius 2 is 1.88 bits per heavy atom. The van der Waals surface area contributed by atoms with Crippen LogP contribution >= 0.6 is 0 Å². The number of ketones is 1. The zero-order valence-electron chi connectivity index (χ0n) is 11.0. The molecular weight excluding hydrogens is 200 g/mol. The van der Waals surface area contributed by atoms with E-state index in [0.717, 1.165) is 24.2 Å². The summed E-state index contributed by atoms with van der Waals surface area (Å²) in [5, 5.41) is 0. The number of hydrogen-bond donors (Lipinski definition) is 0. The van der Waals surface area contributed by atoms with E-state index in [2.05, 4.69) is 34.6 Å². The predicted molar refractivity (Wildman–Crippen MR) is 64.0 cm³/mol. The summed E-state index contributed by atoms with van der Waals surface area (Å²) in [5.74, 6) is 1.56. The van der Waals surface area contributed by atoms with Crippen molar-refractivity contribution in [1.82, 2.24) is 0 Å². The van der Waals surface area contributed by atoms with Gasteiger partial charge < -0.3 is 4.74 Å². The van der Waals surface area contributed by atoms with Gasteiger partial charge in [0.15, 0.2) is 5.78 Å². The Morgan fingerprint density at radius 3 is 2.44 bits per heavy atom. The van der Waals surface area contributed by atoms with Gasteiger partial charge in [0.05, 0.1) is 0 Å². The van der Waals surface area contributed by atoms with Crippen molar-refractivity contribution in [3.8, 4) is 0 Å². The smallest absolute Gasteiger partial charge is 0.163 e. The normalized spacial score (nSPS) is 31.3. The van der Waals surface area contributed by atoms with E-state index in [4.69, 9.17) is 4.74 Å². The van der Waals surface area contributed by atoms with E-state index in [1.54, 1.807) is 0 Å². The second-order valence-corrected chi connectivity index (χ2v) is 6.44. The third kappa shape index (κ3) is 1.68. The van der Waals surface area contributed by atoms with Gasteiger partial charge >= 0.3 is 0 Å². The predicted octanol–water partition coefficient (Wildman–Crippen LogP) is 3.46. The third-order valence-electron chi connectivity index (χ3n) is 3.86. The second kappa shape index (κ2) is 3.35. The van der Waals surface area contributed by atoms with Crippen LogP contribution in [0.2, 0.25) is 0 Å². The third-order valence-corrected chi connectivity index (χ3v) is 3.86. The number of ether oxygens (including phenoxy) is 1. The summed E-state index contributed by atoms with van der Waals surface area (Å²) in [5.41, 5.74) is 0.858. The van der Waals surface area contributed by atoms with E-state index in [-0.39, 0.29) is 16.9 Å². The van der Waals surface area contributed by atoms with E-state index in [1.807, 2.05) is 0 Å². The first-order valence-corrected chi connectivity index (χ1v) is 6.22. The molecule has 2 nitrogen and oxygen atoms in total. The molecular formula is C14H22O2. The van der Waals surface area contributed by atoms with Crippen molar-refractivity contribution >= 4 is 5.78 Å². The molecule has 0 unspecified atom stereocenters. The fraction of sp³-hybridized carbons (Fsp3) is 0.786. The van der Waals surface area contributed by atoms with Crippen LogP contribution in [0, 0.1) is 11.3 Å². The maximum atomic E-state index is 12.2. The fourth-order valence-electron chi connectivity index (χ4n) is 3.19. The van der Waals surface area contributed by atoms with Crippen LogP contribution in [0.4, 0.5) is 0 Å². The highest BCUT2D eigenvalue weighted by atomic mass is 16.5. The summed E-state index contributed by atoms with van der Waals surface area (Å²) in [6.07, 6.45) is 2.56. The van der Waals surface area contributed by atoms with Crippen molar-refractivity contribution in [2.24, 2.45) is 11.3 Å². The largest absolute Gasteiger partial charge is 0.491 e. The van der Waals surface area contributed by atoms with Gasteiger partial charge in [0.25, 0.3) is 0 Å². The molecule has 0 spiro atoms. The summed E-state index contributed by atoms with van der Waals surface area (Å²) in [7, 11) is 0. The number of rotatable bonds is 1. The SMILES string of the molecule is CC[C@H]1C2=C(CC(C)(C)CC2=O)OC1(C)C. The van der Waals surface area contributed by atoms with E-state index in [1.165, 1.54) is 0 Å². The summed E-state index contributed by atoms with van der Waals surface area (Å²) in [6, 6.07) is 0. The summed E-state index contributed by atoms with van der Waals surface area (Å²) in [4.78, 5) is 12.2. The van der Waals surface area contributed by atoms with Gasteiger partial charge in [-0.25, -0.2) is 0 Å². The van der Waals surface area contributed by atoms with Crippen LogP contribution in [0.3, 0.4) is 0 Å². The molecule has 0 aromatic carbocycles. The molecule has 0 amide bonds. The first-order chi connectivity index (χ1) is 7.27. The van der Waals surface area contributed by atoms with Crippen molar-refractivity contribution in [2.45, 2.75) is 59.5 Å². The lowest BCUT2D eigenvalue weighted by molar-refractivity contribution is -0.118. The van der Waals surface area contributed by atoms with E-state index in [9.17, 15) is 4.79 Å². The van der Waals surface area contributed by atoms with Gasteiger partial charge in [0, 0.05) is 24.3 Å². The Balaban J connectivity index is 2.40. The molecule has 0 fully saturated rings. The molecule has 1 aliphatic heterocycles. The number of allylic oxidation sites excluding steroid dienone is 1. The van der Waals surface area contributed by atoms with Gasteiger partial charge in [0.1, 0.15) is 11.4 Å². The van der Waals surface area contributed by atoms with Gasteiger partial charge in [0.2, 0.25) is 0 Å². The molecule has 0 aromatic rings. The molecule has 0 radical (unpaired) electrons. The molecule has 0 aromatic heterocycles. The first-order valence-electron chi connectivity index (χ1n) is 6.22. The van der Waals surface area contributed by atoms with Crippen LogP contribution in [0.1, 0.15) is 53.9 Å². The minimum atomic E-state index is -0.199. The molecule has 0 saturated heterocycles. The topological polar surface area (TPSA) is 26.3 Å².